The molecule has 2 unspecified atom stereocenters. The molecule has 0 aromatic rings. The summed E-state index contributed by atoms with van der Waals surface area (Å²) in [6.07, 6.45) is 4.80. The second-order valence-electron chi connectivity index (χ2n) is 5.08. The van der Waals surface area contributed by atoms with Crippen LogP contribution in [0, 0.1) is 0 Å². The van der Waals surface area contributed by atoms with E-state index in [2.05, 4.69) is 23.9 Å². The zero-order valence-electron chi connectivity index (χ0n) is 12.2. The van der Waals surface area contributed by atoms with Crippen molar-refractivity contribution >= 4 is 21.8 Å². The fourth-order valence-electron chi connectivity index (χ4n) is 2.47. The molecule has 19 heavy (non-hydrogen) atoms. The molecule has 6 heteroatoms. The molecule has 0 aromatic heterocycles. The third kappa shape index (κ3) is 7.54. The van der Waals surface area contributed by atoms with Crippen LogP contribution in [0.3, 0.4) is 0 Å². The molecule has 0 radical (unpaired) electrons. The Morgan fingerprint density at radius 1 is 1.21 bits per heavy atom. The second-order valence-corrected chi connectivity index (χ2v) is 8.54. The van der Waals surface area contributed by atoms with Gasteiger partial charge in [-0.15, -0.1) is 0 Å². The Morgan fingerprint density at radius 2 is 2.00 bits per heavy atom. The lowest BCUT2D eigenvalue weighted by Gasteiger charge is -2.13. The number of hydrogen-bond donors (Lipinski definition) is 2. The van der Waals surface area contributed by atoms with Crippen molar-refractivity contribution in [2.75, 3.05) is 24.6 Å². The van der Waals surface area contributed by atoms with Gasteiger partial charge in [0.25, 0.3) is 0 Å². The van der Waals surface area contributed by atoms with Crippen LogP contribution >= 0.6 is 11.8 Å². The van der Waals surface area contributed by atoms with Gasteiger partial charge in [-0.05, 0) is 50.9 Å². The van der Waals surface area contributed by atoms with Gasteiger partial charge in [0, 0.05) is 11.3 Å². The van der Waals surface area contributed by atoms with Crippen molar-refractivity contribution in [3.8, 4) is 0 Å². The molecule has 114 valence electrons. The van der Waals surface area contributed by atoms with Gasteiger partial charge in [-0.2, -0.15) is 11.8 Å². The Labute approximate surface area is 122 Å². The highest BCUT2D eigenvalue weighted by molar-refractivity contribution is 7.99. The molecule has 1 aliphatic carbocycles. The summed E-state index contributed by atoms with van der Waals surface area (Å²) in [5, 5.41) is 3.85. The highest BCUT2D eigenvalue weighted by Crippen LogP contribution is 2.29. The van der Waals surface area contributed by atoms with Gasteiger partial charge in [0.15, 0.2) is 0 Å². The lowest BCUT2D eigenvalue weighted by Crippen LogP contribution is -2.35. The second kappa shape index (κ2) is 9.21. The molecule has 2 atom stereocenters. The number of sulfonamides is 1. The van der Waals surface area contributed by atoms with E-state index in [9.17, 15) is 8.42 Å². The summed E-state index contributed by atoms with van der Waals surface area (Å²) in [5.74, 6) is 1.38. The van der Waals surface area contributed by atoms with Crippen LogP contribution in [-0.2, 0) is 10.0 Å². The molecule has 2 N–H and O–H groups in total. The van der Waals surface area contributed by atoms with Crippen LogP contribution in [0.2, 0.25) is 0 Å². The summed E-state index contributed by atoms with van der Waals surface area (Å²) in [7, 11) is -3.08. The summed E-state index contributed by atoms with van der Waals surface area (Å²) in [6, 6.07) is 0.169. The number of thioether (sulfide) groups is 1. The van der Waals surface area contributed by atoms with Gasteiger partial charge < -0.3 is 5.32 Å². The number of unbranched alkanes of at least 4 members (excludes halogenated alkanes) is 1. The Hall–Kier alpha value is 0.220. The number of nitrogens with one attached hydrogen (secondary N) is 2. The first kappa shape index (κ1) is 17.3. The lowest BCUT2D eigenvalue weighted by atomic mass is 10.3. The predicted molar refractivity (Wildman–Crippen MR) is 84.3 cm³/mol. The van der Waals surface area contributed by atoms with Crippen LogP contribution in [0.25, 0.3) is 0 Å². The van der Waals surface area contributed by atoms with Crippen molar-refractivity contribution in [3.05, 3.63) is 0 Å². The highest BCUT2D eigenvalue weighted by Gasteiger charge is 2.27. The maximum Gasteiger partial charge on any atom is 0.211 e. The molecule has 0 spiro atoms. The fourth-order valence-corrected chi connectivity index (χ4v) is 5.03. The SMILES string of the molecule is CCNCCCCS(=O)(=O)NC1CCC(SCC)C1. The van der Waals surface area contributed by atoms with Crippen LogP contribution < -0.4 is 10.0 Å². The van der Waals surface area contributed by atoms with Gasteiger partial charge in [0.1, 0.15) is 0 Å². The van der Waals surface area contributed by atoms with Crippen molar-refractivity contribution in [3.63, 3.8) is 0 Å². The smallest absolute Gasteiger partial charge is 0.211 e. The van der Waals surface area contributed by atoms with E-state index in [-0.39, 0.29) is 11.8 Å². The first-order chi connectivity index (χ1) is 9.07. The molecule has 0 amide bonds. The summed E-state index contributed by atoms with van der Waals surface area (Å²) >= 11 is 1.95. The highest BCUT2D eigenvalue weighted by atomic mass is 32.2. The first-order valence-electron chi connectivity index (χ1n) is 7.39. The Bertz CT molecular complexity index is 334. The van der Waals surface area contributed by atoms with Crippen molar-refractivity contribution in [1.82, 2.24) is 10.0 Å². The molecule has 1 fully saturated rings. The van der Waals surface area contributed by atoms with Gasteiger partial charge in [0.05, 0.1) is 5.75 Å². The van der Waals surface area contributed by atoms with Gasteiger partial charge in [-0.25, -0.2) is 13.1 Å². The zero-order chi connectivity index (χ0) is 14.1. The molecule has 0 aromatic carbocycles. The predicted octanol–water partition coefficient (Wildman–Crippen LogP) is 1.97. The van der Waals surface area contributed by atoms with Gasteiger partial charge in [0.2, 0.25) is 10.0 Å². The first-order valence-corrected chi connectivity index (χ1v) is 10.1. The Morgan fingerprint density at radius 3 is 2.68 bits per heavy atom. The third-order valence-electron chi connectivity index (χ3n) is 3.40. The molecule has 0 bridgehead atoms. The molecule has 0 saturated heterocycles. The molecule has 0 heterocycles. The van der Waals surface area contributed by atoms with Crippen molar-refractivity contribution in [1.29, 1.82) is 0 Å². The molecular weight excluding hydrogens is 280 g/mol. The summed E-state index contributed by atoms with van der Waals surface area (Å²) in [5.41, 5.74) is 0. The largest absolute Gasteiger partial charge is 0.317 e. The molecule has 1 aliphatic rings. The van der Waals surface area contributed by atoms with E-state index in [0.717, 1.165) is 50.9 Å². The molecule has 0 aliphatic heterocycles. The lowest BCUT2D eigenvalue weighted by molar-refractivity contribution is 0.547. The van der Waals surface area contributed by atoms with Crippen LogP contribution in [-0.4, -0.2) is 44.3 Å². The summed E-state index contributed by atoms with van der Waals surface area (Å²) < 4.78 is 26.8. The minimum absolute atomic E-state index is 0.169. The van der Waals surface area contributed by atoms with E-state index in [1.54, 1.807) is 0 Å². The average molecular weight is 309 g/mol. The van der Waals surface area contributed by atoms with Crippen LogP contribution in [0.5, 0.6) is 0 Å². The van der Waals surface area contributed by atoms with E-state index in [1.165, 1.54) is 0 Å². The minimum Gasteiger partial charge on any atom is -0.317 e. The van der Waals surface area contributed by atoms with Gasteiger partial charge in [-0.3, -0.25) is 0 Å². The van der Waals surface area contributed by atoms with E-state index < -0.39 is 10.0 Å². The Balaban J connectivity index is 2.19. The standard InChI is InChI=1S/C13H28N2O2S2/c1-3-14-9-5-6-10-19(16,17)15-12-7-8-13(11-12)18-4-2/h12-15H,3-11H2,1-2H3. The summed E-state index contributed by atoms with van der Waals surface area (Å²) in [4.78, 5) is 0. The molecule has 1 saturated carbocycles. The van der Waals surface area contributed by atoms with E-state index in [4.69, 9.17) is 0 Å². The third-order valence-corrected chi connectivity index (χ3v) is 6.15. The average Bonchev–Trinajstić information content (AvgIpc) is 2.76. The van der Waals surface area contributed by atoms with Crippen molar-refractivity contribution < 1.29 is 8.42 Å². The maximum atomic E-state index is 11.9. The quantitative estimate of drug-likeness (QED) is 0.606. The molecule has 4 nitrogen and oxygen atoms in total. The van der Waals surface area contributed by atoms with Crippen LogP contribution in [0.4, 0.5) is 0 Å². The van der Waals surface area contributed by atoms with Crippen LogP contribution in [0.1, 0.15) is 46.0 Å². The van der Waals surface area contributed by atoms with Crippen LogP contribution in [0.15, 0.2) is 0 Å². The van der Waals surface area contributed by atoms with E-state index in [1.807, 2.05) is 11.8 Å². The fraction of sp³-hybridized carbons (Fsp3) is 1.00. The number of hydrogen-bond acceptors (Lipinski definition) is 4. The van der Waals surface area contributed by atoms with Gasteiger partial charge >= 0.3 is 0 Å². The van der Waals surface area contributed by atoms with Crippen molar-refractivity contribution in [2.24, 2.45) is 0 Å². The van der Waals surface area contributed by atoms with Crippen molar-refractivity contribution in [2.45, 2.75) is 57.2 Å². The van der Waals surface area contributed by atoms with Gasteiger partial charge in [-0.1, -0.05) is 13.8 Å². The zero-order valence-corrected chi connectivity index (χ0v) is 13.8. The molecule has 1 rings (SSSR count). The molecular formula is C13H28N2O2S2. The van der Waals surface area contributed by atoms with E-state index >= 15 is 0 Å². The topological polar surface area (TPSA) is 58.2 Å². The Kier molecular flexibility index (Phi) is 8.37. The van der Waals surface area contributed by atoms with E-state index in [0.29, 0.717) is 5.25 Å². The normalized spacial score (nSPS) is 23.9. The number of rotatable bonds is 10. The minimum atomic E-state index is -3.08. The maximum absolute atomic E-state index is 11.9. The monoisotopic (exact) mass is 308 g/mol. The summed E-state index contributed by atoms with van der Waals surface area (Å²) in [6.45, 7) is 6.07.